The Morgan fingerprint density at radius 1 is 1.64 bits per heavy atom. The van der Waals surface area contributed by atoms with Crippen molar-refractivity contribution < 1.29 is 14.7 Å². The maximum atomic E-state index is 12.2. The molecule has 3 aliphatic rings. The van der Waals surface area contributed by atoms with Crippen LogP contribution in [0.4, 0.5) is 0 Å². The summed E-state index contributed by atoms with van der Waals surface area (Å²) in [6, 6.07) is 0.630. The number of fused-ring (bicyclic) bond motifs is 1. The highest BCUT2D eigenvalue weighted by atomic mass is 35.5. The number of carbonyl (C=O) groups excluding carboxylic acids is 1. The SMILES string of the molecule is C=C(CCl)C(C(=O)O)N1C(=O)C2N=C(C3CC(C#N)C3)SC21. The Kier molecular flexibility index (Phi) is 3.91. The van der Waals surface area contributed by atoms with Crippen molar-refractivity contribution in [2.45, 2.75) is 30.3 Å². The van der Waals surface area contributed by atoms with Crippen LogP contribution in [0.2, 0.25) is 0 Å². The number of aliphatic carboxylic acids is 1. The molecule has 1 N–H and O–H groups in total. The van der Waals surface area contributed by atoms with Gasteiger partial charge in [-0.2, -0.15) is 5.26 Å². The number of nitrogens with zero attached hydrogens (tertiary/aromatic N) is 3. The van der Waals surface area contributed by atoms with Crippen LogP contribution in [0.1, 0.15) is 12.8 Å². The highest BCUT2D eigenvalue weighted by molar-refractivity contribution is 8.14. The Morgan fingerprint density at radius 2 is 2.32 bits per heavy atom. The number of carboxylic acid groups (broad SMARTS) is 1. The van der Waals surface area contributed by atoms with Gasteiger partial charge in [0.2, 0.25) is 0 Å². The van der Waals surface area contributed by atoms with Crippen LogP contribution < -0.4 is 0 Å². The zero-order valence-electron chi connectivity index (χ0n) is 11.6. The van der Waals surface area contributed by atoms with E-state index in [1.165, 1.54) is 16.7 Å². The first-order valence-corrected chi connectivity index (χ1v) is 8.32. The number of likely N-dealkylation sites (tertiary alicyclic amines) is 1. The molecule has 2 heterocycles. The largest absolute Gasteiger partial charge is 0.479 e. The average molecular weight is 340 g/mol. The number of carboxylic acids is 1. The van der Waals surface area contributed by atoms with Crippen LogP contribution in [0.25, 0.3) is 0 Å². The van der Waals surface area contributed by atoms with E-state index in [-0.39, 0.29) is 29.0 Å². The van der Waals surface area contributed by atoms with Crippen molar-refractivity contribution in [3.05, 3.63) is 12.2 Å². The van der Waals surface area contributed by atoms with Crippen LogP contribution in [0.3, 0.4) is 0 Å². The summed E-state index contributed by atoms with van der Waals surface area (Å²) in [5, 5.41) is 18.8. The maximum absolute atomic E-state index is 12.2. The number of hydrogen-bond acceptors (Lipinski definition) is 5. The lowest BCUT2D eigenvalue weighted by molar-refractivity contribution is -0.157. The molecule has 22 heavy (non-hydrogen) atoms. The third-order valence-electron chi connectivity index (χ3n) is 4.30. The molecular formula is C14H14ClN3O3S. The lowest BCUT2D eigenvalue weighted by atomic mass is 9.76. The Labute approximate surface area is 136 Å². The molecule has 0 aromatic carbocycles. The van der Waals surface area contributed by atoms with Crippen molar-refractivity contribution in [2.24, 2.45) is 16.8 Å². The molecule has 1 amide bonds. The molecule has 0 aromatic heterocycles. The molecule has 0 spiro atoms. The lowest BCUT2D eigenvalue weighted by Crippen LogP contribution is -2.66. The second-order valence-corrected chi connectivity index (χ2v) is 7.10. The van der Waals surface area contributed by atoms with E-state index >= 15 is 0 Å². The fourth-order valence-electron chi connectivity index (χ4n) is 2.97. The molecule has 3 rings (SSSR count). The standard InChI is InChI=1S/C14H14ClN3O3S/c1-6(4-15)10(14(20)21)18-12(19)9-13(18)22-11(17-9)8-2-7(3-8)5-16/h7-10,13H,1-4H2,(H,20,21). The number of amides is 1. The van der Waals surface area contributed by atoms with E-state index in [1.54, 1.807) is 0 Å². The lowest BCUT2D eigenvalue weighted by Gasteiger charge is -2.45. The number of alkyl halides is 1. The van der Waals surface area contributed by atoms with E-state index in [0.717, 1.165) is 17.9 Å². The fourth-order valence-corrected chi connectivity index (χ4v) is 4.56. The van der Waals surface area contributed by atoms with Gasteiger partial charge in [-0.3, -0.25) is 9.79 Å². The van der Waals surface area contributed by atoms with E-state index in [1.807, 2.05) is 0 Å². The summed E-state index contributed by atoms with van der Waals surface area (Å²) < 4.78 is 0. The minimum absolute atomic E-state index is 0.0109. The molecule has 6 nitrogen and oxygen atoms in total. The van der Waals surface area contributed by atoms with Gasteiger partial charge < -0.3 is 10.0 Å². The number of carbonyl (C=O) groups is 2. The number of β-lactam (4-membered cyclic amide) rings is 1. The van der Waals surface area contributed by atoms with Crippen molar-refractivity contribution in [1.29, 1.82) is 5.26 Å². The zero-order chi connectivity index (χ0) is 16.0. The first-order chi connectivity index (χ1) is 10.5. The third kappa shape index (κ3) is 2.22. The molecule has 2 aliphatic heterocycles. The average Bonchev–Trinajstić information content (AvgIpc) is 2.82. The minimum atomic E-state index is -1.13. The summed E-state index contributed by atoms with van der Waals surface area (Å²) in [4.78, 5) is 29.4. The number of halogens is 1. The van der Waals surface area contributed by atoms with Gasteiger partial charge in [-0.05, 0) is 18.4 Å². The predicted octanol–water partition coefficient (Wildman–Crippen LogP) is 1.47. The highest BCUT2D eigenvalue weighted by Crippen LogP contribution is 2.47. The van der Waals surface area contributed by atoms with Crippen molar-refractivity contribution >= 4 is 40.3 Å². The van der Waals surface area contributed by atoms with Crippen LogP contribution in [-0.4, -0.2) is 50.3 Å². The molecule has 0 bridgehead atoms. The van der Waals surface area contributed by atoms with Gasteiger partial charge in [-0.15, -0.1) is 11.6 Å². The van der Waals surface area contributed by atoms with Crippen molar-refractivity contribution in [3.63, 3.8) is 0 Å². The van der Waals surface area contributed by atoms with E-state index in [2.05, 4.69) is 17.6 Å². The third-order valence-corrected chi connectivity index (χ3v) is 6.05. The molecule has 2 fully saturated rings. The van der Waals surface area contributed by atoms with Crippen LogP contribution in [0.15, 0.2) is 17.1 Å². The second kappa shape index (κ2) is 5.60. The summed E-state index contributed by atoms with van der Waals surface area (Å²) in [5.41, 5.74) is 0.295. The predicted molar refractivity (Wildman–Crippen MR) is 82.6 cm³/mol. The maximum Gasteiger partial charge on any atom is 0.330 e. The summed E-state index contributed by atoms with van der Waals surface area (Å²) in [7, 11) is 0. The van der Waals surface area contributed by atoms with Crippen molar-refractivity contribution in [2.75, 3.05) is 5.88 Å². The molecular weight excluding hydrogens is 326 g/mol. The minimum Gasteiger partial charge on any atom is -0.479 e. The van der Waals surface area contributed by atoms with E-state index < -0.39 is 18.1 Å². The van der Waals surface area contributed by atoms with Gasteiger partial charge in [0, 0.05) is 17.7 Å². The zero-order valence-corrected chi connectivity index (χ0v) is 13.2. The normalized spacial score (nSPS) is 33.9. The molecule has 3 unspecified atom stereocenters. The fraction of sp³-hybridized carbons (Fsp3) is 0.571. The van der Waals surface area contributed by atoms with Gasteiger partial charge in [0.15, 0.2) is 12.1 Å². The Balaban J connectivity index is 1.71. The van der Waals surface area contributed by atoms with E-state index in [9.17, 15) is 14.7 Å². The summed E-state index contributed by atoms with van der Waals surface area (Å²) in [5.74, 6) is -1.12. The molecule has 116 valence electrons. The summed E-state index contributed by atoms with van der Waals surface area (Å²) in [6.45, 7) is 3.66. The topological polar surface area (TPSA) is 93.8 Å². The van der Waals surface area contributed by atoms with Gasteiger partial charge in [0.1, 0.15) is 5.37 Å². The Bertz CT molecular complexity index is 623. The van der Waals surface area contributed by atoms with Crippen molar-refractivity contribution in [3.8, 4) is 6.07 Å². The molecule has 1 saturated carbocycles. The number of aliphatic imine (C=N–C) groups is 1. The summed E-state index contributed by atoms with van der Waals surface area (Å²) in [6.07, 6.45) is 1.54. The smallest absolute Gasteiger partial charge is 0.330 e. The Morgan fingerprint density at radius 3 is 2.86 bits per heavy atom. The van der Waals surface area contributed by atoms with Gasteiger partial charge >= 0.3 is 5.97 Å². The van der Waals surface area contributed by atoms with Gasteiger partial charge in [0.05, 0.1) is 11.1 Å². The quantitative estimate of drug-likeness (QED) is 0.465. The van der Waals surface area contributed by atoms with Gasteiger partial charge in [-0.1, -0.05) is 18.3 Å². The van der Waals surface area contributed by atoms with Crippen LogP contribution in [-0.2, 0) is 9.59 Å². The van der Waals surface area contributed by atoms with Crippen molar-refractivity contribution in [1.82, 2.24) is 4.90 Å². The molecule has 0 aromatic rings. The van der Waals surface area contributed by atoms with Gasteiger partial charge in [-0.25, -0.2) is 4.79 Å². The Hall–Kier alpha value is -1.52. The van der Waals surface area contributed by atoms with E-state index in [4.69, 9.17) is 16.9 Å². The summed E-state index contributed by atoms with van der Waals surface area (Å²) >= 11 is 7.12. The number of rotatable bonds is 5. The molecule has 1 saturated heterocycles. The first-order valence-electron chi connectivity index (χ1n) is 6.90. The highest BCUT2D eigenvalue weighted by Gasteiger charge is 2.57. The van der Waals surface area contributed by atoms with Crippen LogP contribution >= 0.6 is 23.4 Å². The first kappa shape index (κ1) is 15.4. The second-order valence-electron chi connectivity index (χ2n) is 5.69. The molecule has 0 radical (unpaired) electrons. The van der Waals surface area contributed by atoms with E-state index in [0.29, 0.717) is 5.57 Å². The van der Waals surface area contributed by atoms with Gasteiger partial charge in [0.25, 0.3) is 5.91 Å². The number of nitriles is 1. The molecule has 8 heteroatoms. The number of hydrogen-bond donors (Lipinski definition) is 1. The number of thioether (sulfide) groups is 1. The molecule has 3 atom stereocenters. The van der Waals surface area contributed by atoms with Crippen LogP contribution in [0.5, 0.6) is 0 Å². The monoisotopic (exact) mass is 339 g/mol. The van der Waals surface area contributed by atoms with Crippen LogP contribution in [0, 0.1) is 23.2 Å². The molecule has 1 aliphatic carbocycles.